The van der Waals surface area contributed by atoms with Crippen LogP contribution in [0.15, 0.2) is 58.4 Å². The molecule has 2 aliphatic rings. The van der Waals surface area contributed by atoms with Crippen molar-refractivity contribution in [3.8, 4) is 0 Å². The van der Waals surface area contributed by atoms with Gasteiger partial charge in [0.25, 0.3) is 0 Å². The summed E-state index contributed by atoms with van der Waals surface area (Å²) < 4.78 is 35.5. The molecule has 0 spiro atoms. The number of hydrogen-bond donors (Lipinski definition) is 4. The molecule has 6 N–H and O–H groups in total. The molecule has 0 unspecified atom stereocenters. The van der Waals surface area contributed by atoms with Crippen LogP contribution in [0.25, 0.3) is 0 Å². The van der Waals surface area contributed by atoms with Gasteiger partial charge in [-0.05, 0) is 24.3 Å². The molecule has 0 fully saturated rings. The van der Waals surface area contributed by atoms with Crippen molar-refractivity contribution in [3.63, 3.8) is 0 Å². The highest BCUT2D eigenvalue weighted by atomic mass is 31.1. The monoisotopic (exact) mass is 555 g/mol. The fourth-order valence-electron chi connectivity index (χ4n) is 3.29. The lowest BCUT2D eigenvalue weighted by Crippen LogP contribution is -2.46. The van der Waals surface area contributed by atoms with Crippen LogP contribution in [-0.4, -0.2) is 79.9 Å². The Kier molecular flexibility index (Phi) is 8.80. The second-order valence-electron chi connectivity index (χ2n) is 7.72. The van der Waals surface area contributed by atoms with Crippen LogP contribution in [0.4, 0.5) is 11.6 Å². The van der Waals surface area contributed by atoms with Crippen molar-refractivity contribution in [2.24, 2.45) is 0 Å². The number of nitrogens with two attached hydrogens (primary N) is 2. The lowest BCUT2D eigenvalue weighted by Gasteiger charge is -2.29. The normalized spacial score (nSPS) is 26.7. The summed E-state index contributed by atoms with van der Waals surface area (Å²) in [5, 5.41) is 19.3. The largest absolute Gasteiger partial charge is 0.703 e. The smallest absolute Gasteiger partial charge is 0.399 e. The average Bonchev–Trinajstić information content (AvgIpc) is 2.88. The SMILES string of the molecule is Nc1ccn(O[C@H]2C=C[C@@H](O[P+](=O)O[C@@H]3C=C[C@H](On4ccc(N)nc4=O)[C@H](CO)O3)O[C@H]2CO)c(=O)n1. The number of hydrogen-bond acceptors (Lipinski definition) is 15. The van der Waals surface area contributed by atoms with Gasteiger partial charge in [-0.1, -0.05) is 9.05 Å². The van der Waals surface area contributed by atoms with Crippen LogP contribution >= 0.6 is 8.25 Å². The van der Waals surface area contributed by atoms with E-state index in [1.165, 1.54) is 48.8 Å². The number of aliphatic hydroxyl groups is 2. The van der Waals surface area contributed by atoms with E-state index in [1.54, 1.807) is 0 Å². The van der Waals surface area contributed by atoms with Gasteiger partial charge in [0.05, 0.1) is 25.6 Å². The van der Waals surface area contributed by atoms with Gasteiger partial charge in [-0.3, -0.25) is 0 Å². The number of ether oxygens (including phenoxy) is 2. The fraction of sp³-hybridized carbons (Fsp3) is 0.400. The molecular weight excluding hydrogens is 531 g/mol. The molecule has 17 nitrogen and oxygen atoms in total. The Morgan fingerprint density at radius 1 is 0.816 bits per heavy atom. The van der Waals surface area contributed by atoms with E-state index in [0.717, 1.165) is 9.46 Å². The van der Waals surface area contributed by atoms with Gasteiger partial charge in [0, 0.05) is 16.7 Å². The molecule has 2 aromatic rings. The Morgan fingerprint density at radius 2 is 1.24 bits per heavy atom. The molecule has 0 bridgehead atoms. The maximum atomic E-state index is 12.4. The van der Waals surface area contributed by atoms with Crippen molar-refractivity contribution in [1.82, 2.24) is 19.4 Å². The third-order valence-corrected chi connectivity index (χ3v) is 5.82. The van der Waals surface area contributed by atoms with E-state index in [2.05, 4.69) is 9.97 Å². The molecule has 2 aromatic heterocycles. The summed E-state index contributed by atoms with van der Waals surface area (Å²) in [7, 11) is -2.82. The molecule has 2 aliphatic heterocycles. The van der Waals surface area contributed by atoms with Gasteiger partial charge in [-0.25, -0.2) is 9.59 Å². The minimum Gasteiger partial charge on any atom is -0.399 e. The Balaban J connectivity index is 1.32. The highest BCUT2D eigenvalue weighted by Gasteiger charge is 2.39. The predicted octanol–water partition coefficient (Wildman–Crippen LogP) is -2.50. The number of aromatic nitrogens is 4. The van der Waals surface area contributed by atoms with E-state index < -0.39 is 69.8 Å². The summed E-state index contributed by atoms with van der Waals surface area (Å²) in [6, 6.07) is 2.70. The molecule has 0 aromatic carbocycles. The van der Waals surface area contributed by atoms with Crippen molar-refractivity contribution < 1.29 is 43.0 Å². The zero-order valence-electron chi connectivity index (χ0n) is 19.5. The molecule has 4 rings (SSSR count). The topological polar surface area (TPSA) is 235 Å². The first-order chi connectivity index (χ1) is 18.2. The number of anilines is 2. The molecule has 204 valence electrons. The number of aliphatic hydroxyl groups excluding tert-OH is 2. The summed E-state index contributed by atoms with van der Waals surface area (Å²) in [4.78, 5) is 41.7. The van der Waals surface area contributed by atoms with E-state index >= 15 is 0 Å². The van der Waals surface area contributed by atoms with Crippen molar-refractivity contribution in [2.45, 2.75) is 37.0 Å². The van der Waals surface area contributed by atoms with Gasteiger partial charge in [-0.2, -0.15) is 9.97 Å². The summed E-state index contributed by atoms with van der Waals surface area (Å²) >= 11 is 0. The predicted molar refractivity (Wildman–Crippen MR) is 126 cm³/mol. The Hall–Kier alpha value is -3.70. The van der Waals surface area contributed by atoms with E-state index in [0.29, 0.717) is 0 Å². The third kappa shape index (κ3) is 6.78. The summed E-state index contributed by atoms with van der Waals surface area (Å²) in [6.07, 6.45) is 1.91. The van der Waals surface area contributed by atoms with Crippen molar-refractivity contribution >= 4 is 19.9 Å². The zero-order chi connectivity index (χ0) is 27.2. The van der Waals surface area contributed by atoms with Crippen molar-refractivity contribution in [1.29, 1.82) is 0 Å². The summed E-state index contributed by atoms with van der Waals surface area (Å²) in [5.74, 6) is 0.0296. The van der Waals surface area contributed by atoms with Gasteiger partial charge in [0.15, 0.2) is 12.2 Å². The number of nitrogens with zero attached hydrogens (tertiary/aromatic N) is 4. The Labute approximate surface area is 214 Å². The maximum Gasteiger partial charge on any atom is 0.703 e. The standard InChI is InChI=1S/C20H23N6O11P/c21-15-5-7-25(19(29)23-15)34-11-1-3-17(32-13(11)9-27)36-38(31)37-18-4-2-12(14(10-28)33-18)35-26-8-6-16(22)24-20(26)30/h1-8,11-14,17-18,27-28H,9-10H2,(H3-,21,22,23,24,29,30)/p+1/t11-,12-,13-,14-,17+,18+/m0/s1. The zero-order valence-corrected chi connectivity index (χ0v) is 20.4. The van der Waals surface area contributed by atoms with E-state index in [9.17, 15) is 24.4 Å². The minimum absolute atomic E-state index is 0.0148. The van der Waals surface area contributed by atoms with Crippen molar-refractivity contribution in [2.75, 3.05) is 24.7 Å². The van der Waals surface area contributed by atoms with Gasteiger partial charge >= 0.3 is 19.6 Å². The quantitative estimate of drug-likeness (QED) is 0.175. The Morgan fingerprint density at radius 3 is 1.61 bits per heavy atom. The van der Waals surface area contributed by atoms with Gasteiger partial charge in [0.2, 0.25) is 12.6 Å². The van der Waals surface area contributed by atoms with Crippen molar-refractivity contribution in [3.05, 3.63) is 69.8 Å². The summed E-state index contributed by atoms with van der Waals surface area (Å²) in [5.41, 5.74) is 9.35. The maximum absolute atomic E-state index is 12.4. The van der Waals surface area contributed by atoms with E-state index in [-0.39, 0.29) is 11.6 Å². The molecule has 6 atom stereocenters. The molecule has 0 amide bonds. The second kappa shape index (κ2) is 12.2. The van der Waals surface area contributed by atoms with Gasteiger partial charge in [-0.15, -0.1) is 9.46 Å². The van der Waals surface area contributed by atoms with Crippen LogP contribution in [0.5, 0.6) is 0 Å². The summed E-state index contributed by atoms with van der Waals surface area (Å²) in [6.45, 7) is -1.05. The minimum atomic E-state index is -2.82. The van der Waals surface area contributed by atoms with E-state index in [4.69, 9.17) is 39.7 Å². The fourth-order valence-corrected chi connectivity index (χ4v) is 3.91. The first kappa shape index (κ1) is 27.3. The van der Waals surface area contributed by atoms with E-state index in [1.807, 2.05) is 0 Å². The molecular formula is C20H24N6O11P+. The van der Waals surface area contributed by atoms with Gasteiger partial charge < -0.3 is 40.8 Å². The average molecular weight is 555 g/mol. The van der Waals surface area contributed by atoms with Crippen LogP contribution in [0.1, 0.15) is 0 Å². The van der Waals surface area contributed by atoms with Crippen LogP contribution in [0, 0.1) is 0 Å². The van der Waals surface area contributed by atoms with Crippen LogP contribution in [-0.2, 0) is 23.1 Å². The number of rotatable bonds is 10. The molecule has 0 saturated carbocycles. The van der Waals surface area contributed by atoms with Crippen LogP contribution in [0.2, 0.25) is 0 Å². The highest BCUT2D eigenvalue weighted by molar-refractivity contribution is 7.33. The Bertz CT molecular complexity index is 1220. The lowest BCUT2D eigenvalue weighted by molar-refractivity contribution is -0.173. The first-order valence-corrected chi connectivity index (χ1v) is 12.1. The molecule has 38 heavy (non-hydrogen) atoms. The molecule has 18 heteroatoms. The highest BCUT2D eigenvalue weighted by Crippen LogP contribution is 2.33. The van der Waals surface area contributed by atoms with Crippen LogP contribution in [0.3, 0.4) is 0 Å². The molecule has 0 aliphatic carbocycles. The third-order valence-electron chi connectivity index (χ3n) is 5.06. The first-order valence-electron chi connectivity index (χ1n) is 11.0. The van der Waals surface area contributed by atoms with Gasteiger partial charge in [0.1, 0.15) is 23.8 Å². The molecule has 0 saturated heterocycles. The molecule has 4 heterocycles. The van der Waals surface area contributed by atoms with Crippen LogP contribution < -0.4 is 32.5 Å². The second-order valence-corrected chi connectivity index (χ2v) is 8.59. The molecule has 0 radical (unpaired) electrons. The number of nitrogen functional groups attached to an aromatic ring is 2. The lowest BCUT2D eigenvalue weighted by atomic mass is 10.1.